The van der Waals surface area contributed by atoms with E-state index < -0.39 is 41.2 Å². The van der Waals surface area contributed by atoms with E-state index in [0.717, 1.165) is 99.4 Å². The highest BCUT2D eigenvalue weighted by atomic mass is 19.4. The minimum Gasteiger partial charge on any atom is -0.444 e. The van der Waals surface area contributed by atoms with Gasteiger partial charge in [-0.05, 0) is 174 Å². The normalized spacial score (nSPS) is 22.4. The fraction of sp³-hybridized carbons (Fsp3) is 0.371. The van der Waals surface area contributed by atoms with Crippen molar-refractivity contribution in [3.05, 3.63) is 215 Å². The van der Waals surface area contributed by atoms with Crippen LogP contribution >= 0.6 is 0 Å². The highest BCUT2D eigenvalue weighted by Gasteiger charge is 2.52. The predicted octanol–water partition coefficient (Wildman–Crippen LogP) is 13.9. The van der Waals surface area contributed by atoms with Crippen molar-refractivity contribution in [3.8, 4) is 28.5 Å². The van der Waals surface area contributed by atoms with Crippen molar-refractivity contribution in [2.24, 2.45) is 17.8 Å². The van der Waals surface area contributed by atoms with Crippen LogP contribution in [-0.2, 0) is 37.8 Å². The van der Waals surface area contributed by atoms with Crippen LogP contribution in [0.1, 0.15) is 134 Å². The van der Waals surface area contributed by atoms with Crippen LogP contribution in [-0.4, -0.2) is 119 Å². The molecule has 12 heterocycles. The summed E-state index contributed by atoms with van der Waals surface area (Å²) < 4.78 is 135. The monoisotopic (exact) mass is 1340 g/mol. The van der Waals surface area contributed by atoms with Gasteiger partial charge in [-0.2, -0.15) is 54.5 Å². The van der Waals surface area contributed by atoms with E-state index in [0.29, 0.717) is 71.0 Å². The smallest absolute Gasteiger partial charge is 0.434 e. The first-order chi connectivity index (χ1) is 46.5. The third kappa shape index (κ3) is 13.4. The Hall–Kier alpha value is -9.82. The molecule has 6 aromatic heterocycles. The van der Waals surface area contributed by atoms with Crippen molar-refractivity contribution < 1.29 is 62.7 Å². The Labute approximate surface area is 549 Å². The summed E-state index contributed by atoms with van der Waals surface area (Å²) in [5.74, 6) is 0.0125. The summed E-state index contributed by atoms with van der Waals surface area (Å²) in [6, 6.07) is 22.4. The Morgan fingerprint density at radius 2 is 0.938 bits per heavy atom. The van der Waals surface area contributed by atoms with Crippen molar-refractivity contribution in [3.63, 3.8) is 0 Å². The van der Waals surface area contributed by atoms with Crippen molar-refractivity contribution >= 4 is 17.7 Å². The van der Waals surface area contributed by atoms with E-state index in [1.165, 1.54) is 47.7 Å². The average molecular weight is 1340 g/mol. The Morgan fingerprint density at radius 3 is 1.40 bits per heavy atom. The molecule has 15 rings (SSSR count). The second kappa shape index (κ2) is 26.6. The van der Waals surface area contributed by atoms with Crippen LogP contribution in [0.2, 0.25) is 0 Å². The Balaban J connectivity index is 0.000000131. The number of carbonyl (C=O) groups is 3. The van der Waals surface area contributed by atoms with Crippen molar-refractivity contribution in [2.45, 2.75) is 146 Å². The van der Waals surface area contributed by atoms with Crippen LogP contribution in [0.5, 0.6) is 0 Å². The third-order valence-electron chi connectivity index (χ3n) is 19.7. The van der Waals surface area contributed by atoms with E-state index >= 15 is 0 Å². The molecule has 3 amide bonds. The quantitative estimate of drug-likeness (QED) is 0.105. The lowest BCUT2D eigenvalue weighted by atomic mass is 9.86. The molecule has 9 unspecified atom stereocenters. The summed E-state index contributed by atoms with van der Waals surface area (Å²) in [6.45, 7) is 3.85. The van der Waals surface area contributed by atoms with E-state index in [1.54, 1.807) is 47.8 Å². The lowest BCUT2D eigenvalue weighted by molar-refractivity contribution is -0.141. The van der Waals surface area contributed by atoms with Crippen LogP contribution in [0.3, 0.4) is 0 Å². The molecular weight excluding hydrogens is 1280 g/mol. The number of halogens is 10. The van der Waals surface area contributed by atoms with Gasteiger partial charge < -0.3 is 19.1 Å². The molecule has 3 aromatic carbocycles. The average Bonchev–Trinajstić information content (AvgIpc) is 1.63. The summed E-state index contributed by atoms with van der Waals surface area (Å²) in [5.41, 5.74) is 3.78. The molecule has 0 radical (unpaired) electrons. The van der Waals surface area contributed by atoms with Gasteiger partial charge in [0.05, 0.1) is 69.4 Å². The number of aryl methyl sites for hydroxylation is 2. The summed E-state index contributed by atoms with van der Waals surface area (Å²) in [6.07, 6.45) is 8.72. The van der Waals surface area contributed by atoms with Crippen molar-refractivity contribution in [2.75, 3.05) is 0 Å². The molecule has 0 saturated carbocycles. The molecular formula is C70H63F10N13O4. The number of amides is 3. The number of alkyl halides is 9. The number of aromatic nitrogens is 10. The summed E-state index contributed by atoms with van der Waals surface area (Å²) in [4.78, 5) is 76.0. The summed E-state index contributed by atoms with van der Waals surface area (Å²) in [5, 5.41) is 8.42. The molecule has 6 saturated heterocycles. The van der Waals surface area contributed by atoms with Crippen molar-refractivity contribution in [1.82, 2.24) is 64.6 Å². The number of hydrogen-bond donors (Lipinski definition) is 0. The van der Waals surface area contributed by atoms with Gasteiger partial charge in [0.1, 0.15) is 17.8 Å². The first-order valence-corrected chi connectivity index (χ1v) is 31.9. The standard InChI is InChI=1S/C24H22F3N3O2.C23H19F4N5O.C23H22F3N5O/c1-14-3-2-4-19(21(14)22-28-9-10-32-22)23(31)30-18-7-8-20(30)15(12-18)11-17-6-5-16(13-29-17)24(25,26)27;24-17-4-1-3-16(20(17)21-28-7-2-8-29-21)22(33)32-15-5-6-18(32)13(10-15)9-14-11-31-19(12-30-14)23(25,26)27;1-14-3-2-4-19(21(14)31-28-9-10-29-31)22(32)30-18-7-8-20(30)15(12-18)11-17-6-5-16(13-27-17)23(24,25)26/h2-6,9-10,13,15,18,20H,7-8,11-12H2,1H3;1-4,7-8,11-13,15,18H,5-6,9-10H2;2-6,9-10,13,15,18,20H,7-8,11-12H2,1H3. The van der Waals surface area contributed by atoms with Gasteiger partial charge in [-0.25, -0.2) is 24.3 Å². The SMILES string of the molecule is Cc1cccc(C(=O)N2C3CCC2C(Cc2ccc(C(F)(F)F)cn2)C3)c1-c1ncco1.Cc1cccc(C(=O)N2C3CCC2C(Cc2ccc(C(F)(F)F)cn2)C3)c1-n1nccn1.O=C(c1cccc(F)c1-c1ncccn1)N1C2CCC1C(Cc1cnc(C(F)(F)F)cn1)C2. The molecule has 502 valence electrons. The summed E-state index contributed by atoms with van der Waals surface area (Å²) in [7, 11) is 0. The number of oxazole rings is 1. The zero-order valence-electron chi connectivity index (χ0n) is 52.3. The van der Waals surface area contributed by atoms with Gasteiger partial charge in [0.15, 0.2) is 11.5 Å². The molecule has 0 N–H and O–H groups in total. The number of pyridine rings is 2. The largest absolute Gasteiger partial charge is 0.444 e. The van der Waals surface area contributed by atoms with Gasteiger partial charge in [-0.3, -0.25) is 29.3 Å². The lowest BCUT2D eigenvalue weighted by Gasteiger charge is -2.25. The van der Waals surface area contributed by atoms with E-state index in [2.05, 4.69) is 45.1 Å². The van der Waals surface area contributed by atoms with Gasteiger partial charge in [-0.1, -0.05) is 30.3 Å². The van der Waals surface area contributed by atoms with E-state index in [9.17, 15) is 58.3 Å². The Kier molecular flexibility index (Phi) is 18.1. The van der Waals surface area contributed by atoms with Gasteiger partial charge >= 0.3 is 18.5 Å². The fourth-order valence-corrected chi connectivity index (χ4v) is 15.5. The Morgan fingerprint density at radius 1 is 0.464 bits per heavy atom. The molecule has 0 aliphatic carbocycles. The third-order valence-corrected chi connectivity index (χ3v) is 19.7. The second-order valence-corrected chi connectivity index (χ2v) is 25.5. The van der Waals surface area contributed by atoms with Crippen molar-refractivity contribution in [1.29, 1.82) is 0 Å². The summed E-state index contributed by atoms with van der Waals surface area (Å²) >= 11 is 0. The van der Waals surface area contributed by atoms with Crippen LogP contribution in [0.4, 0.5) is 43.9 Å². The minimum absolute atomic E-state index is 0.0114. The van der Waals surface area contributed by atoms with Gasteiger partial charge in [0.2, 0.25) is 5.89 Å². The maximum Gasteiger partial charge on any atom is 0.434 e. The number of benzene rings is 3. The molecule has 27 heteroatoms. The highest BCUT2D eigenvalue weighted by Crippen LogP contribution is 2.48. The molecule has 6 aliphatic rings. The first kappa shape index (κ1) is 65.8. The molecule has 6 fully saturated rings. The first-order valence-electron chi connectivity index (χ1n) is 31.9. The molecule has 97 heavy (non-hydrogen) atoms. The van der Waals surface area contributed by atoms with Crippen LogP contribution < -0.4 is 0 Å². The highest BCUT2D eigenvalue weighted by molar-refractivity contribution is 6.02. The number of rotatable bonds is 12. The van der Waals surface area contributed by atoms with Gasteiger partial charge in [0.25, 0.3) is 17.7 Å². The number of carbonyl (C=O) groups excluding carboxylic acids is 3. The minimum atomic E-state index is -4.54. The van der Waals surface area contributed by atoms with Crippen LogP contribution in [0.25, 0.3) is 28.5 Å². The zero-order valence-corrected chi connectivity index (χ0v) is 52.3. The number of para-hydroxylation sites is 1. The number of fused-ring (bicyclic) bond motifs is 6. The molecule has 9 atom stereocenters. The van der Waals surface area contributed by atoms with Crippen LogP contribution in [0, 0.1) is 37.4 Å². The van der Waals surface area contributed by atoms with E-state index in [4.69, 9.17) is 4.42 Å². The molecule has 0 spiro atoms. The number of nitrogens with zero attached hydrogens (tertiary/aromatic N) is 13. The molecule has 6 aliphatic heterocycles. The Bertz CT molecular complexity index is 4110. The molecule has 17 nitrogen and oxygen atoms in total. The molecule has 6 bridgehead atoms. The topological polar surface area (TPSA) is 195 Å². The van der Waals surface area contributed by atoms with E-state index in [1.807, 2.05) is 47.9 Å². The fourth-order valence-electron chi connectivity index (χ4n) is 15.5. The maximum absolute atomic E-state index is 14.7. The predicted molar refractivity (Wildman–Crippen MR) is 330 cm³/mol. The molecule has 9 aromatic rings. The van der Waals surface area contributed by atoms with Crippen LogP contribution in [0.15, 0.2) is 151 Å². The van der Waals surface area contributed by atoms with Gasteiger partial charge in [-0.15, -0.1) is 0 Å². The van der Waals surface area contributed by atoms with E-state index in [-0.39, 0.29) is 88.7 Å². The zero-order chi connectivity index (χ0) is 68.1. The lowest BCUT2D eigenvalue weighted by Crippen LogP contribution is -2.37. The van der Waals surface area contributed by atoms with Gasteiger partial charge in [0, 0.05) is 78.6 Å². The second-order valence-electron chi connectivity index (χ2n) is 25.5. The maximum atomic E-state index is 14.7. The number of hydrogen-bond acceptors (Lipinski definition) is 13.